The van der Waals surface area contributed by atoms with Crippen LogP contribution in [0.4, 0.5) is 10.5 Å². The Hall–Kier alpha value is -2.49. The molecule has 2 aliphatic rings. The number of carbonyl (C=O) groups is 1. The summed E-state index contributed by atoms with van der Waals surface area (Å²) in [5, 5.41) is 5.50. The summed E-state index contributed by atoms with van der Waals surface area (Å²) in [4.78, 5) is 18.9. The predicted octanol–water partition coefficient (Wildman–Crippen LogP) is 4.17. The largest absolute Gasteiger partial charge is 0.334 e. The highest BCUT2D eigenvalue weighted by Crippen LogP contribution is 2.33. The number of carbonyl (C=O) groups excluding carboxylic acids is 1. The summed E-state index contributed by atoms with van der Waals surface area (Å²) >= 11 is 0. The number of benzene rings is 1. The Morgan fingerprint density at radius 3 is 2.33 bits per heavy atom. The van der Waals surface area contributed by atoms with E-state index >= 15 is 0 Å². The second-order valence-corrected chi connectivity index (χ2v) is 12.4. The Morgan fingerprint density at radius 2 is 1.72 bits per heavy atom. The van der Waals surface area contributed by atoms with E-state index in [1.165, 1.54) is 25.7 Å². The molecule has 196 valence electrons. The van der Waals surface area contributed by atoms with Crippen molar-refractivity contribution in [3.63, 3.8) is 0 Å². The quantitative estimate of drug-likeness (QED) is 0.552. The highest BCUT2D eigenvalue weighted by molar-refractivity contribution is 7.89. The third-order valence-electron chi connectivity index (χ3n) is 7.61. The van der Waals surface area contributed by atoms with Gasteiger partial charge in [-0.3, -0.25) is 4.98 Å². The molecular weight excluding hydrogens is 474 g/mol. The summed E-state index contributed by atoms with van der Waals surface area (Å²) in [7, 11) is -3.56. The Labute approximate surface area is 215 Å². The molecule has 1 aliphatic heterocycles. The third kappa shape index (κ3) is 7.05. The molecular formula is C27H39N5O3S. The molecule has 0 radical (unpaired) electrons. The zero-order valence-electron chi connectivity index (χ0n) is 21.4. The smallest absolute Gasteiger partial charge is 0.319 e. The molecule has 2 fully saturated rings. The molecule has 0 spiro atoms. The molecule has 2 heterocycles. The standard InChI is InChI=1S/C27H39N5O3S/c1-21(2)24-7-5-22(6-8-24)20-31-14-16-32(17-15-31)36(34,35)26-11-9-25(10-12-26)30-27(33)29-19-23-4-3-13-28-18-23/h3-4,9-13,18,21-22,24H,5-8,14-17,19-20H2,1-2H3,(H2,29,30,33). The van der Waals surface area contributed by atoms with Gasteiger partial charge < -0.3 is 15.5 Å². The number of nitrogens with zero attached hydrogens (tertiary/aromatic N) is 3. The van der Waals surface area contributed by atoms with Gasteiger partial charge in [0.15, 0.2) is 0 Å². The Kier molecular flexibility index (Phi) is 8.98. The minimum atomic E-state index is -3.56. The lowest BCUT2D eigenvalue weighted by molar-refractivity contribution is 0.132. The van der Waals surface area contributed by atoms with Gasteiger partial charge in [-0.25, -0.2) is 13.2 Å². The average molecular weight is 514 g/mol. The van der Waals surface area contributed by atoms with Crippen LogP contribution in [0.25, 0.3) is 0 Å². The van der Waals surface area contributed by atoms with Crippen molar-refractivity contribution in [1.29, 1.82) is 0 Å². The Morgan fingerprint density at radius 1 is 1.03 bits per heavy atom. The van der Waals surface area contributed by atoms with E-state index in [0.717, 1.165) is 43.0 Å². The van der Waals surface area contributed by atoms with Crippen LogP contribution in [-0.4, -0.2) is 61.4 Å². The molecule has 1 saturated heterocycles. The van der Waals surface area contributed by atoms with Gasteiger partial charge >= 0.3 is 6.03 Å². The average Bonchev–Trinajstić information content (AvgIpc) is 2.89. The van der Waals surface area contributed by atoms with Crippen molar-refractivity contribution in [2.75, 3.05) is 38.0 Å². The van der Waals surface area contributed by atoms with E-state index in [2.05, 4.69) is 34.4 Å². The van der Waals surface area contributed by atoms with Crippen LogP contribution in [0.2, 0.25) is 0 Å². The van der Waals surface area contributed by atoms with Crippen molar-refractivity contribution in [2.45, 2.75) is 51.0 Å². The number of hydrogen-bond donors (Lipinski definition) is 2. The number of nitrogens with one attached hydrogen (secondary N) is 2. The number of amides is 2. The topological polar surface area (TPSA) is 94.6 Å². The minimum Gasteiger partial charge on any atom is -0.334 e. The van der Waals surface area contributed by atoms with Gasteiger partial charge in [0.1, 0.15) is 0 Å². The minimum absolute atomic E-state index is 0.254. The van der Waals surface area contributed by atoms with E-state index in [9.17, 15) is 13.2 Å². The predicted molar refractivity (Wildman–Crippen MR) is 142 cm³/mol. The number of hydrogen-bond acceptors (Lipinski definition) is 5. The fourth-order valence-corrected chi connectivity index (χ4v) is 6.70. The third-order valence-corrected chi connectivity index (χ3v) is 9.52. The van der Waals surface area contributed by atoms with Crippen molar-refractivity contribution >= 4 is 21.7 Å². The van der Waals surface area contributed by atoms with E-state index in [1.54, 1.807) is 41.0 Å². The highest BCUT2D eigenvalue weighted by Gasteiger charge is 2.30. The fourth-order valence-electron chi connectivity index (χ4n) is 5.27. The van der Waals surface area contributed by atoms with E-state index < -0.39 is 10.0 Å². The maximum absolute atomic E-state index is 13.2. The van der Waals surface area contributed by atoms with E-state index in [4.69, 9.17) is 0 Å². The first kappa shape index (κ1) is 26.6. The maximum atomic E-state index is 13.2. The molecule has 1 aliphatic carbocycles. The molecule has 9 heteroatoms. The molecule has 0 atom stereocenters. The second-order valence-electron chi connectivity index (χ2n) is 10.4. The van der Waals surface area contributed by atoms with Crippen molar-refractivity contribution < 1.29 is 13.2 Å². The highest BCUT2D eigenvalue weighted by atomic mass is 32.2. The summed E-state index contributed by atoms with van der Waals surface area (Å²) in [5.74, 6) is 2.38. The molecule has 0 bridgehead atoms. The van der Waals surface area contributed by atoms with E-state index in [0.29, 0.717) is 25.3 Å². The van der Waals surface area contributed by atoms with Gasteiger partial charge in [0, 0.05) is 57.3 Å². The van der Waals surface area contributed by atoms with Gasteiger partial charge in [0.2, 0.25) is 10.0 Å². The number of sulfonamides is 1. The molecule has 1 aromatic heterocycles. The van der Waals surface area contributed by atoms with Crippen LogP contribution in [0.1, 0.15) is 45.1 Å². The first-order valence-corrected chi connectivity index (χ1v) is 14.5. The van der Waals surface area contributed by atoms with Gasteiger partial charge in [-0.05, 0) is 79.3 Å². The van der Waals surface area contributed by atoms with Crippen molar-refractivity contribution in [2.24, 2.45) is 17.8 Å². The number of aromatic nitrogens is 1. The van der Waals surface area contributed by atoms with Crippen molar-refractivity contribution in [3.8, 4) is 0 Å². The summed E-state index contributed by atoms with van der Waals surface area (Å²) in [5.41, 5.74) is 1.43. The van der Waals surface area contributed by atoms with E-state index in [1.807, 2.05) is 12.1 Å². The molecule has 2 N–H and O–H groups in total. The van der Waals surface area contributed by atoms with Crippen LogP contribution >= 0.6 is 0 Å². The monoisotopic (exact) mass is 513 g/mol. The number of urea groups is 1. The van der Waals surface area contributed by atoms with Crippen LogP contribution in [0.15, 0.2) is 53.7 Å². The molecule has 1 aromatic carbocycles. The molecule has 8 nitrogen and oxygen atoms in total. The first-order valence-electron chi connectivity index (χ1n) is 13.1. The maximum Gasteiger partial charge on any atom is 0.319 e. The van der Waals surface area contributed by atoms with Gasteiger partial charge in [-0.15, -0.1) is 0 Å². The number of anilines is 1. The number of rotatable bonds is 8. The van der Waals surface area contributed by atoms with Gasteiger partial charge in [-0.2, -0.15) is 4.31 Å². The Balaban J connectivity index is 1.23. The summed E-state index contributed by atoms with van der Waals surface area (Å²) in [6.07, 6.45) is 8.61. The summed E-state index contributed by atoms with van der Waals surface area (Å²) in [6.45, 7) is 8.69. The second kappa shape index (κ2) is 12.2. The Bertz CT molecular complexity index is 1080. The van der Waals surface area contributed by atoms with Gasteiger partial charge in [-0.1, -0.05) is 19.9 Å². The van der Waals surface area contributed by atoms with E-state index in [-0.39, 0.29) is 10.9 Å². The van der Waals surface area contributed by atoms with Crippen LogP contribution < -0.4 is 10.6 Å². The molecule has 2 amide bonds. The summed E-state index contributed by atoms with van der Waals surface area (Å²) < 4.78 is 27.9. The first-order chi connectivity index (χ1) is 17.3. The SMILES string of the molecule is CC(C)C1CCC(CN2CCN(S(=O)(=O)c3ccc(NC(=O)NCc4cccnc4)cc3)CC2)CC1. The number of piperazine rings is 1. The summed E-state index contributed by atoms with van der Waals surface area (Å²) in [6, 6.07) is 9.71. The molecule has 0 unspecified atom stereocenters. The van der Waals surface area contributed by atoms with Gasteiger partial charge in [0.25, 0.3) is 0 Å². The lowest BCUT2D eigenvalue weighted by Gasteiger charge is -2.38. The lowest BCUT2D eigenvalue weighted by Crippen LogP contribution is -2.49. The van der Waals surface area contributed by atoms with Crippen LogP contribution in [0.5, 0.6) is 0 Å². The van der Waals surface area contributed by atoms with Crippen molar-refractivity contribution in [1.82, 2.24) is 19.5 Å². The molecule has 1 saturated carbocycles. The zero-order valence-corrected chi connectivity index (χ0v) is 22.2. The van der Waals surface area contributed by atoms with Crippen LogP contribution in [0, 0.1) is 17.8 Å². The normalized spacial score (nSPS) is 21.9. The fraction of sp³-hybridized carbons (Fsp3) is 0.556. The molecule has 36 heavy (non-hydrogen) atoms. The van der Waals surface area contributed by atoms with Crippen molar-refractivity contribution in [3.05, 3.63) is 54.4 Å². The van der Waals surface area contributed by atoms with Gasteiger partial charge in [0.05, 0.1) is 4.90 Å². The van der Waals surface area contributed by atoms with Crippen LogP contribution in [0.3, 0.4) is 0 Å². The van der Waals surface area contributed by atoms with Crippen LogP contribution in [-0.2, 0) is 16.6 Å². The molecule has 4 rings (SSSR count). The number of pyridine rings is 1. The zero-order chi connectivity index (χ0) is 25.5. The lowest BCUT2D eigenvalue weighted by atomic mass is 9.77. The molecule has 2 aromatic rings.